The fourth-order valence-corrected chi connectivity index (χ4v) is 3.85. The van der Waals surface area contributed by atoms with Crippen molar-refractivity contribution in [3.8, 4) is 11.5 Å². The van der Waals surface area contributed by atoms with Crippen LogP contribution in [0.25, 0.3) is 11.0 Å². The number of fused-ring (bicyclic) bond motifs is 1. The third kappa shape index (κ3) is 2.97. The lowest BCUT2D eigenvalue weighted by Gasteiger charge is -2.11. The summed E-state index contributed by atoms with van der Waals surface area (Å²) in [6, 6.07) is 7.09. The van der Waals surface area contributed by atoms with Gasteiger partial charge in [-0.1, -0.05) is 11.6 Å². The minimum absolute atomic E-state index is 0.172. The Hall–Kier alpha value is -2.12. The molecule has 2 aromatic heterocycles. The maximum Gasteiger partial charge on any atom is 0.200 e. The van der Waals surface area contributed by atoms with Gasteiger partial charge in [-0.05, 0) is 18.2 Å². The average molecular weight is 366 g/mol. The SMILES string of the molecule is COc1ccnc(CS(=O)c2nc3cc(Cl)ccc3n2C)c1OC. The van der Waals surface area contributed by atoms with Crippen molar-refractivity contribution in [3.05, 3.63) is 41.2 Å². The van der Waals surface area contributed by atoms with Crippen molar-refractivity contribution in [2.24, 2.45) is 7.05 Å². The smallest absolute Gasteiger partial charge is 0.200 e. The number of rotatable bonds is 5. The van der Waals surface area contributed by atoms with Gasteiger partial charge in [0.15, 0.2) is 16.7 Å². The van der Waals surface area contributed by atoms with Gasteiger partial charge in [-0.25, -0.2) is 4.98 Å². The zero-order chi connectivity index (χ0) is 17.3. The van der Waals surface area contributed by atoms with E-state index < -0.39 is 10.8 Å². The van der Waals surface area contributed by atoms with Crippen LogP contribution in [0.1, 0.15) is 5.69 Å². The molecule has 0 aliphatic rings. The highest BCUT2D eigenvalue weighted by Crippen LogP contribution is 2.31. The molecule has 0 N–H and O–H groups in total. The Morgan fingerprint density at radius 1 is 1.25 bits per heavy atom. The molecule has 3 rings (SSSR count). The first-order valence-electron chi connectivity index (χ1n) is 7.11. The molecule has 6 nitrogen and oxygen atoms in total. The summed E-state index contributed by atoms with van der Waals surface area (Å²) in [4.78, 5) is 8.71. The van der Waals surface area contributed by atoms with Crippen LogP contribution in [-0.2, 0) is 23.6 Å². The molecule has 0 aliphatic carbocycles. The number of nitrogens with zero attached hydrogens (tertiary/aromatic N) is 3. The van der Waals surface area contributed by atoms with Crippen LogP contribution in [0.5, 0.6) is 11.5 Å². The van der Waals surface area contributed by atoms with Crippen molar-refractivity contribution in [1.29, 1.82) is 0 Å². The van der Waals surface area contributed by atoms with Gasteiger partial charge in [-0.3, -0.25) is 9.19 Å². The lowest BCUT2D eigenvalue weighted by molar-refractivity contribution is 0.350. The van der Waals surface area contributed by atoms with E-state index >= 15 is 0 Å². The van der Waals surface area contributed by atoms with Crippen LogP contribution in [0, 0.1) is 0 Å². The number of aryl methyl sites for hydroxylation is 1. The van der Waals surface area contributed by atoms with E-state index in [-0.39, 0.29) is 5.75 Å². The Balaban J connectivity index is 1.98. The van der Waals surface area contributed by atoms with E-state index in [4.69, 9.17) is 21.1 Å². The van der Waals surface area contributed by atoms with Gasteiger partial charge >= 0.3 is 0 Å². The number of methoxy groups -OCH3 is 2. The minimum atomic E-state index is -1.40. The van der Waals surface area contributed by atoms with Crippen molar-refractivity contribution in [3.63, 3.8) is 0 Å². The van der Waals surface area contributed by atoms with Gasteiger partial charge in [0.05, 0.1) is 47.5 Å². The molecule has 0 fully saturated rings. The Morgan fingerprint density at radius 2 is 2.04 bits per heavy atom. The Kier molecular flexibility index (Phi) is 4.73. The Bertz CT molecular complexity index is 926. The average Bonchev–Trinajstić information content (AvgIpc) is 2.90. The monoisotopic (exact) mass is 365 g/mol. The molecule has 1 unspecified atom stereocenters. The first-order chi connectivity index (χ1) is 11.5. The first-order valence-corrected chi connectivity index (χ1v) is 8.81. The largest absolute Gasteiger partial charge is 0.493 e. The van der Waals surface area contributed by atoms with Crippen LogP contribution < -0.4 is 9.47 Å². The van der Waals surface area contributed by atoms with Gasteiger partial charge in [0.2, 0.25) is 0 Å². The summed E-state index contributed by atoms with van der Waals surface area (Å²) in [6.07, 6.45) is 1.60. The number of halogens is 1. The number of aromatic nitrogens is 3. The quantitative estimate of drug-likeness (QED) is 0.695. The Labute approximate surface area is 146 Å². The third-order valence-corrected chi connectivity index (χ3v) is 5.18. The van der Waals surface area contributed by atoms with Crippen molar-refractivity contribution in [2.75, 3.05) is 14.2 Å². The molecule has 1 atom stereocenters. The third-order valence-electron chi connectivity index (χ3n) is 3.64. The standard InChI is InChI=1S/C16H16ClN3O3S/c1-20-13-5-4-10(17)8-11(13)19-16(20)24(21)9-12-15(23-3)14(22-2)6-7-18-12/h4-8H,9H2,1-3H3. The summed E-state index contributed by atoms with van der Waals surface area (Å²) in [5.74, 6) is 1.21. The minimum Gasteiger partial charge on any atom is -0.493 e. The number of benzene rings is 1. The second kappa shape index (κ2) is 6.78. The predicted octanol–water partition coefficient (Wildman–Crippen LogP) is 2.95. The summed E-state index contributed by atoms with van der Waals surface area (Å²) >= 11 is 6.00. The number of ether oxygens (including phenoxy) is 2. The van der Waals surface area contributed by atoms with Crippen molar-refractivity contribution in [1.82, 2.24) is 14.5 Å². The van der Waals surface area contributed by atoms with E-state index in [0.29, 0.717) is 32.9 Å². The molecule has 0 saturated heterocycles. The highest BCUT2D eigenvalue weighted by atomic mass is 35.5. The number of hydrogen-bond donors (Lipinski definition) is 0. The van der Waals surface area contributed by atoms with E-state index in [1.165, 1.54) is 7.11 Å². The molecule has 1 aromatic carbocycles. The van der Waals surface area contributed by atoms with Gasteiger partial charge in [0.25, 0.3) is 0 Å². The molecule has 0 spiro atoms. The van der Waals surface area contributed by atoms with Gasteiger partial charge in [0.1, 0.15) is 0 Å². The second-order valence-corrected chi connectivity index (χ2v) is 6.85. The predicted molar refractivity (Wildman–Crippen MR) is 93.2 cm³/mol. The zero-order valence-corrected chi connectivity index (χ0v) is 15.0. The highest BCUT2D eigenvalue weighted by molar-refractivity contribution is 7.84. The normalized spacial score (nSPS) is 12.3. The van der Waals surface area contributed by atoms with Gasteiger partial charge in [0, 0.05) is 24.3 Å². The number of imidazole rings is 1. The molecule has 3 aromatic rings. The summed E-state index contributed by atoms with van der Waals surface area (Å²) < 4.78 is 25.2. The zero-order valence-electron chi connectivity index (χ0n) is 13.4. The summed E-state index contributed by atoms with van der Waals surface area (Å²) in [5, 5.41) is 1.05. The van der Waals surface area contributed by atoms with Crippen LogP contribution in [0.2, 0.25) is 5.02 Å². The van der Waals surface area contributed by atoms with Gasteiger partial charge < -0.3 is 14.0 Å². The van der Waals surface area contributed by atoms with Crippen LogP contribution in [0.3, 0.4) is 0 Å². The number of pyridine rings is 1. The summed E-state index contributed by atoms with van der Waals surface area (Å²) in [7, 11) is 3.51. The summed E-state index contributed by atoms with van der Waals surface area (Å²) in [6.45, 7) is 0. The van der Waals surface area contributed by atoms with Gasteiger partial charge in [-0.2, -0.15) is 0 Å². The topological polar surface area (TPSA) is 66.2 Å². The molecule has 0 saturated carbocycles. The van der Waals surface area contributed by atoms with E-state index in [1.807, 2.05) is 13.1 Å². The van der Waals surface area contributed by atoms with Crippen LogP contribution in [-0.4, -0.2) is 33.0 Å². The fourth-order valence-electron chi connectivity index (χ4n) is 2.50. The van der Waals surface area contributed by atoms with E-state index in [1.54, 1.807) is 36.1 Å². The molecule has 0 bridgehead atoms. The van der Waals surface area contributed by atoms with Crippen LogP contribution in [0.15, 0.2) is 35.6 Å². The molecule has 0 radical (unpaired) electrons. The molecule has 24 heavy (non-hydrogen) atoms. The maximum atomic E-state index is 12.8. The van der Waals surface area contributed by atoms with Crippen molar-refractivity contribution in [2.45, 2.75) is 10.9 Å². The second-order valence-electron chi connectivity index (χ2n) is 5.07. The Morgan fingerprint density at radius 3 is 2.75 bits per heavy atom. The van der Waals surface area contributed by atoms with E-state index in [9.17, 15) is 4.21 Å². The molecular formula is C16H16ClN3O3S. The summed E-state index contributed by atoms with van der Waals surface area (Å²) in [5.41, 5.74) is 2.13. The lowest BCUT2D eigenvalue weighted by atomic mass is 10.3. The molecule has 126 valence electrons. The molecule has 2 heterocycles. The highest BCUT2D eigenvalue weighted by Gasteiger charge is 2.19. The van der Waals surface area contributed by atoms with Crippen molar-refractivity contribution < 1.29 is 13.7 Å². The lowest BCUT2D eigenvalue weighted by Crippen LogP contribution is -2.07. The van der Waals surface area contributed by atoms with Crippen LogP contribution in [0.4, 0.5) is 0 Å². The van der Waals surface area contributed by atoms with E-state index in [2.05, 4.69) is 9.97 Å². The number of hydrogen-bond acceptors (Lipinski definition) is 5. The van der Waals surface area contributed by atoms with Gasteiger partial charge in [-0.15, -0.1) is 0 Å². The molecule has 8 heteroatoms. The fraction of sp³-hybridized carbons (Fsp3) is 0.250. The molecule has 0 aliphatic heterocycles. The first kappa shape index (κ1) is 16.7. The van der Waals surface area contributed by atoms with Crippen molar-refractivity contribution >= 4 is 33.4 Å². The van der Waals surface area contributed by atoms with Crippen LogP contribution >= 0.6 is 11.6 Å². The molecular weight excluding hydrogens is 350 g/mol. The maximum absolute atomic E-state index is 12.8. The van der Waals surface area contributed by atoms with E-state index in [0.717, 1.165) is 5.52 Å². The molecule has 0 amide bonds.